The minimum atomic E-state index is -4.75. The Kier molecular flexibility index (Phi) is 9.83. The van der Waals surface area contributed by atoms with Crippen LogP contribution in [0.15, 0.2) is 24.4 Å². The lowest BCUT2D eigenvalue weighted by molar-refractivity contribution is -0.137. The van der Waals surface area contributed by atoms with Crippen LogP contribution in [-0.2, 0) is 16.2 Å². The number of amides is 1. The summed E-state index contributed by atoms with van der Waals surface area (Å²) in [6, 6.07) is 3.70. The fraction of sp³-hybridized carbons (Fsp3) is 0.593. The van der Waals surface area contributed by atoms with Crippen molar-refractivity contribution in [3.63, 3.8) is 0 Å². The van der Waals surface area contributed by atoms with Crippen LogP contribution in [0, 0.1) is 0 Å². The summed E-state index contributed by atoms with van der Waals surface area (Å²) in [6.07, 6.45) is 1.06. The van der Waals surface area contributed by atoms with E-state index in [1.165, 1.54) is 7.11 Å². The molecule has 0 radical (unpaired) electrons. The fourth-order valence-electron chi connectivity index (χ4n) is 5.47. The van der Waals surface area contributed by atoms with Crippen molar-refractivity contribution < 1.29 is 31.1 Å². The molecule has 0 bridgehead atoms. The zero-order valence-electron chi connectivity index (χ0n) is 24.2. The Morgan fingerprint density at radius 3 is 2.40 bits per heavy atom. The predicted octanol–water partition coefficient (Wildman–Crippen LogP) is 3.69. The van der Waals surface area contributed by atoms with Gasteiger partial charge in [-0.25, -0.2) is 18.1 Å². The van der Waals surface area contributed by atoms with Crippen molar-refractivity contribution in [3.05, 3.63) is 35.5 Å². The van der Waals surface area contributed by atoms with E-state index in [1.807, 2.05) is 7.05 Å². The zero-order valence-corrected chi connectivity index (χ0v) is 25.0. The van der Waals surface area contributed by atoms with E-state index in [-0.39, 0.29) is 17.9 Å². The summed E-state index contributed by atoms with van der Waals surface area (Å²) >= 11 is 0. The largest absolute Gasteiger partial charge is 0.495 e. The minimum absolute atomic E-state index is 0.0971. The summed E-state index contributed by atoms with van der Waals surface area (Å²) in [5.41, 5.74) is -0.394. The number of nitrogens with one attached hydrogen (secondary N) is 3. The third-order valence-corrected chi connectivity index (χ3v) is 8.53. The lowest BCUT2D eigenvalue weighted by atomic mass is 9.91. The van der Waals surface area contributed by atoms with Gasteiger partial charge in [-0.3, -0.25) is 4.79 Å². The normalized spacial score (nSPS) is 20.6. The highest BCUT2D eigenvalue weighted by Crippen LogP contribution is 2.36. The van der Waals surface area contributed by atoms with Crippen molar-refractivity contribution in [2.45, 2.75) is 62.8 Å². The number of likely N-dealkylation sites (tertiary alicyclic amines) is 1. The number of carbonyl (C=O) groups excluding carboxylic acids is 1. The Hall–Kier alpha value is -3.17. The molecule has 4 rings (SSSR count). The van der Waals surface area contributed by atoms with Gasteiger partial charge in [0.15, 0.2) is 0 Å². The highest BCUT2D eigenvalue weighted by atomic mass is 32.2. The van der Waals surface area contributed by atoms with Crippen molar-refractivity contribution in [2.75, 3.05) is 51.2 Å². The van der Waals surface area contributed by atoms with E-state index < -0.39 is 39.7 Å². The second-order valence-electron chi connectivity index (χ2n) is 11.0. The first-order valence-corrected chi connectivity index (χ1v) is 15.7. The van der Waals surface area contributed by atoms with Gasteiger partial charge in [-0.1, -0.05) is 12.8 Å². The number of benzene rings is 1. The maximum atomic E-state index is 13.9. The van der Waals surface area contributed by atoms with Crippen molar-refractivity contribution in [1.29, 1.82) is 0 Å². The topological polar surface area (TPSA) is 129 Å². The maximum absolute atomic E-state index is 13.9. The van der Waals surface area contributed by atoms with Gasteiger partial charge < -0.3 is 25.2 Å². The highest BCUT2D eigenvalue weighted by molar-refractivity contribution is 7.88. The first kappa shape index (κ1) is 31.8. The number of rotatable bonds is 9. The quantitative estimate of drug-likeness (QED) is 0.388. The van der Waals surface area contributed by atoms with Crippen molar-refractivity contribution in [2.24, 2.45) is 0 Å². The molecule has 2 aliphatic rings. The summed E-state index contributed by atoms with van der Waals surface area (Å²) in [7, 11) is 1.67. The molecular weight excluding hydrogens is 575 g/mol. The molecule has 11 nitrogen and oxygen atoms in total. The molecular formula is C27H38F3N7O4S. The average molecular weight is 614 g/mol. The minimum Gasteiger partial charge on any atom is -0.495 e. The maximum Gasteiger partial charge on any atom is 0.421 e. The summed E-state index contributed by atoms with van der Waals surface area (Å²) < 4.78 is 73.4. The summed E-state index contributed by atoms with van der Waals surface area (Å²) in [6.45, 7) is 1.79. The van der Waals surface area contributed by atoms with Gasteiger partial charge in [-0.2, -0.15) is 18.2 Å². The first-order chi connectivity index (χ1) is 19.7. The van der Waals surface area contributed by atoms with Gasteiger partial charge >= 0.3 is 6.18 Å². The van der Waals surface area contributed by atoms with Crippen molar-refractivity contribution >= 4 is 33.4 Å². The third kappa shape index (κ3) is 8.01. The van der Waals surface area contributed by atoms with Crippen molar-refractivity contribution in [3.8, 4) is 5.75 Å². The number of halogens is 3. The van der Waals surface area contributed by atoms with Gasteiger partial charge in [0.05, 0.1) is 19.1 Å². The summed E-state index contributed by atoms with van der Waals surface area (Å²) in [5, 5.41) is 5.74. The second kappa shape index (κ2) is 13.0. The van der Waals surface area contributed by atoms with E-state index in [0.717, 1.165) is 45.0 Å². The molecule has 1 amide bonds. The number of piperidine rings is 1. The van der Waals surface area contributed by atoms with Crippen LogP contribution < -0.4 is 20.1 Å². The smallest absolute Gasteiger partial charge is 0.421 e. The Bertz CT molecular complexity index is 1370. The lowest BCUT2D eigenvalue weighted by Crippen LogP contribution is -2.48. The molecule has 42 heavy (non-hydrogen) atoms. The molecule has 2 fully saturated rings. The first-order valence-electron chi connectivity index (χ1n) is 13.8. The van der Waals surface area contributed by atoms with Crippen LogP contribution in [0.4, 0.5) is 30.6 Å². The molecule has 1 aliphatic carbocycles. The summed E-state index contributed by atoms with van der Waals surface area (Å²) in [5.74, 6) is -0.468. The van der Waals surface area contributed by atoms with Crippen LogP contribution in [-0.4, -0.2) is 92.8 Å². The number of hydrogen-bond acceptors (Lipinski definition) is 9. The van der Waals surface area contributed by atoms with E-state index in [1.54, 1.807) is 30.1 Å². The van der Waals surface area contributed by atoms with E-state index in [0.29, 0.717) is 36.0 Å². The van der Waals surface area contributed by atoms with E-state index >= 15 is 0 Å². The summed E-state index contributed by atoms with van der Waals surface area (Å²) in [4.78, 5) is 25.3. The molecule has 1 aromatic heterocycles. The van der Waals surface area contributed by atoms with E-state index in [2.05, 4.69) is 30.2 Å². The van der Waals surface area contributed by atoms with Crippen LogP contribution in [0.25, 0.3) is 0 Å². The molecule has 0 spiro atoms. The Morgan fingerprint density at radius 1 is 1.12 bits per heavy atom. The molecule has 232 valence electrons. The Balaban J connectivity index is 1.60. The lowest BCUT2D eigenvalue weighted by Gasteiger charge is -2.35. The van der Waals surface area contributed by atoms with Gasteiger partial charge in [0.25, 0.3) is 5.91 Å². The SMILES string of the molecule is COc1ccc(C(=O)N(C)C2CCN(C)CC2)cc1Nc1ncc(C(F)(F)F)c(N[C@@H]2CCCC[C@H]2NS(C)(=O)=O)n1. The average Bonchev–Trinajstić information content (AvgIpc) is 2.92. The van der Waals surface area contributed by atoms with Crippen LogP contribution in [0.2, 0.25) is 0 Å². The number of carbonyl (C=O) groups is 1. The van der Waals surface area contributed by atoms with Gasteiger partial charge in [-0.05, 0) is 64.0 Å². The van der Waals surface area contributed by atoms with Crippen molar-refractivity contribution in [1.82, 2.24) is 24.5 Å². The van der Waals surface area contributed by atoms with E-state index in [9.17, 15) is 26.4 Å². The van der Waals surface area contributed by atoms with Crippen LogP contribution in [0.5, 0.6) is 5.75 Å². The third-order valence-electron chi connectivity index (χ3n) is 7.80. The molecule has 1 saturated carbocycles. The highest BCUT2D eigenvalue weighted by Gasteiger charge is 2.37. The molecule has 15 heteroatoms. The van der Waals surface area contributed by atoms with Gasteiger partial charge in [0, 0.05) is 36.9 Å². The predicted molar refractivity (Wildman–Crippen MR) is 154 cm³/mol. The van der Waals surface area contributed by atoms with Crippen LogP contribution >= 0.6 is 0 Å². The molecule has 2 heterocycles. The number of aromatic nitrogens is 2. The van der Waals surface area contributed by atoms with Gasteiger partial charge in [-0.15, -0.1) is 0 Å². The fourth-order valence-corrected chi connectivity index (χ4v) is 6.30. The molecule has 1 aromatic carbocycles. The molecule has 2 atom stereocenters. The number of anilines is 3. The van der Waals surface area contributed by atoms with Gasteiger partial charge in [0.2, 0.25) is 16.0 Å². The molecule has 1 saturated heterocycles. The number of alkyl halides is 3. The standard InChI is InChI=1S/C27H38F3N7O4S/c1-36-13-11-18(12-14-36)37(2)25(38)17-9-10-23(41-3)22(15-17)33-26-31-16-19(27(28,29)30)24(34-26)32-20-7-5-6-8-21(20)35-42(4,39)40/h9-10,15-16,18,20-21,35H,5-8,11-14H2,1-4H3,(H2,31,32,33,34)/t20-,21-/m1/s1. The zero-order chi connectivity index (χ0) is 30.7. The monoisotopic (exact) mass is 613 g/mol. The molecule has 1 aliphatic heterocycles. The Labute approximate surface area is 244 Å². The van der Waals surface area contributed by atoms with Crippen LogP contribution in [0.3, 0.4) is 0 Å². The molecule has 3 N–H and O–H groups in total. The second-order valence-corrected chi connectivity index (χ2v) is 12.8. The van der Waals surface area contributed by atoms with Gasteiger partial charge in [0.1, 0.15) is 17.1 Å². The number of ether oxygens (including phenoxy) is 1. The number of methoxy groups -OCH3 is 1. The molecule has 0 unspecified atom stereocenters. The number of hydrogen-bond donors (Lipinski definition) is 3. The van der Waals surface area contributed by atoms with Crippen LogP contribution in [0.1, 0.15) is 54.4 Å². The molecule has 2 aromatic rings. The number of sulfonamides is 1. The van der Waals surface area contributed by atoms with E-state index in [4.69, 9.17) is 4.74 Å². The number of nitrogens with zero attached hydrogens (tertiary/aromatic N) is 4. The Morgan fingerprint density at radius 2 is 1.79 bits per heavy atom.